The molecule has 0 aliphatic heterocycles. The first kappa shape index (κ1) is 14.6. The fraction of sp³-hybridized carbons (Fsp3) is 0.200. The Hall–Kier alpha value is -2.35. The van der Waals surface area contributed by atoms with Crippen molar-refractivity contribution in [2.75, 3.05) is 6.61 Å². The molecule has 0 N–H and O–H groups in total. The van der Waals surface area contributed by atoms with E-state index in [1.54, 1.807) is 12.1 Å². The second kappa shape index (κ2) is 6.61. The van der Waals surface area contributed by atoms with Crippen LogP contribution in [0.4, 0.5) is 4.39 Å². The van der Waals surface area contributed by atoms with Crippen molar-refractivity contribution in [2.45, 2.75) is 19.8 Å². The van der Waals surface area contributed by atoms with Crippen LogP contribution in [0.5, 0.6) is 5.75 Å². The molecule has 0 saturated heterocycles. The Balaban J connectivity index is 1.87. The fourth-order valence-electron chi connectivity index (χ4n) is 2.47. The van der Waals surface area contributed by atoms with Crippen LogP contribution in [-0.4, -0.2) is 6.61 Å². The van der Waals surface area contributed by atoms with Crippen LogP contribution in [0.2, 0.25) is 0 Å². The van der Waals surface area contributed by atoms with E-state index in [2.05, 4.69) is 37.3 Å². The number of ether oxygens (including phenoxy) is 1. The van der Waals surface area contributed by atoms with Gasteiger partial charge in [-0.1, -0.05) is 43.7 Å². The van der Waals surface area contributed by atoms with Crippen LogP contribution < -0.4 is 4.74 Å². The molecule has 0 aliphatic carbocycles. The van der Waals surface area contributed by atoms with E-state index < -0.39 is 0 Å². The van der Waals surface area contributed by atoms with E-state index in [-0.39, 0.29) is 5.82 Å². The molecule has 2 heteroatoms. The highest BCUT2D eigenvalue weighted by Crippen LogP contribution is 2.27. The van der Waals surface area contributed by atoms with E-state index in [0.29, 0.717) is 0 Å². The lowest BCUT2D eigenvalue weighted by molar-refractivity contribution is 0.310. The topological polar surface area (TPSA) is 9.23 Å². The first-order valence-corrected chi connectivity index (χ1v) is 7.69. The van der Waals surface area contributed by atoms with Crippen LogP contribution in [0.1, 0.15) is 19.8 Å². The molecule has 22 heavy (non-hydrogen) atoms. The number of unbranched alkanes of at least 4 members (excludes halogenated alkanes) is 1. The van der Waals surface area contributed by atoms with Gasteiger partial charge in [0.05, 0.1) is 6.61 Å². The molecule has 0 radical (unpaired) electrons. The summed E-state index contributed by atoms with van der Waals surface area (Å²) in [5.41, 5.74) is 2.11. The summed E-state index contributed by atoms with van der Waals surface area (Å²) in [6, 6.07) is 19.0. The van der Waals surface area contributed by atoms with Crippen LogP contribution >= 0.6 is 0 Å². The average Bonchev–Trinajstić information content (AvgIpc) is 2.55. The van der Waals surface area contributed by atoms with E-state index >= 15 is 0 Å². The lowest BCUT2D eigenvalue weighted by Crippen LogP contribution is -1.96. The normalized spacial score (nSPS) is 10.8. The summed E-state index contributed by atoms with van der Waals surface area (Å²) in [6.07, 6.45) is 2.20. The predicted octanol–water partition coefficient (Wildman–Crippen LogP) is 5.82. The lowest BCUT2D eigenvalue weighted by atomic mass is 10.0. The third-order valence-electron chi connectivity index (χ3n) is 3.76. The quantitative estimate of drug-likeness (QED) is 0.538. The third-order valence-corrected chi connectivity index (χ3v) is 3.76. The van der Waals surface area contributed by atoms with Gasteiger partial charge < -0.3 is 4.74 Å². The minimum absolute atomic E-state index is 0.210. The van der Waals surface area contributed by atoms with Gasteiger partial charge in [0.2, 0.25) is 0 Å². The Morgan fingerprint density at radius 1 is 0.818 bits per heavy atom. The minimum atomic E-state index is -0.210. The summed E-state index contributed by atoms with van der Waals surface area (Å²) in [5, 5.41) is 2.31. The Morgan fingerprint density at radius 2 is 1.50 bits per heavy atom. The zero-order chi connectivity index (χ0) is 15.4. The second-order valence-corrected chi connectivity index (χ2v) is 5.43. The SMILES string of the molecule is CCCCOc1ccc2cc(-c3ccc(F)cc3)ccc2c1. The van der Waals surface area contributed by atoms with E-state index in [0.717, 1.165) is 47.1 Å². The molecule has 3 aromatic carbocycles. The number of rotatable bonds is 5. The third kappa shape index (κ3) is 3.28. The van der Waals surface area contributed by atoms with E-state index in [9.17, 15) is 4.39 Å². The van der Waals surface area contributed by atoms with Crippen LogP contribution in [0, 0.1) is 5.82 Å². The highest BCUT2D eigenvalue weighted by Gasteiger charge is 2.02. The van der Waals surface area contributed by atoms with Crippen LogP contribution in [0.25, 0.3) is 21.9 Å². The molecule has 0 fully saturated rings. The van der Waals surface area contributed by atoms with Crippen molar-refractivity contribution >= 4 is 10.8 Å². The van der Waals surface area contributed by atoms with Gasteiger partial charge in [0, 0.05) is 0 Å². The number of halogens is 1. The molecule has 0 atom stereocenters. The smallest absolute Gasteiger partial charge is 0.123 e. The van der Waals surface area contributed by atoms with Crippen molar-refractivity contribution in [3.63, 3.8) is 0 Å². The molecule has 1 nitrogen and oxygen atoms in total. The van der Waals surface area contributed by atoms with E-state index in [4.69, 9.17) is 4.74 Å². The van der Waals surface area contributed by atoms with Gasteiger partial charge in [-0.2, -0.15) is 0 Å². The molecule has 112 valence electrons. The number of hydrogen-bond acceptors (Lipinski definition) is 1. The van der Waals surface area contributed by atoms with Crippen molar-refractivity contribution < 1.29 is 9.13 Å². The van der Waals surface area contributed by atoms with Gasteiger partial charge in [-0.15, -0.1) is 0 Å². The Bertz CT molecular complexity index is 762. The summed E-state index contributed by atoms with van der Waals surface area (Å²) < 4.78 is 18.8. The van der Waals surface area contributed by atoms with Gasteiger partial charge in [-0.3, -0.25) is 0 Å². The minimum Gasteiger partial charge on any atom is -0.494 e. The van der Waals surface area contributed by atoms with Gasteiger partial charge in [-0.25, -0.2) is 4.39 Å². The molecule has 3 aromatic rings. The molecule has 0 heterocycles. The molecule has 0 aliphatic rings. The Labute approximate surface area is 130 Å². The maximum absolute atomic E-state index is 13.0. The molecule has 0 unspecified atom stereocenters. The molecule has 3 rings (SSSR count). The summed E-state index contributed by atoms with van der Waals surface area (Å²) >= 11 is 0. The van der Waals surface area contributed by atoms with Crippen LogP contribution in [-0.2, 0) is 0 Å². The molecule has 0 saturated carbocycles. The molecule has 0 aromatic heterocycles. The highest BCUT2D eigenvalue weighted by molar-refractivity contribution is 5.88. The van der Waals surface area contributed by atoms with E-state index in [1.165, 1.54) is 12.1 Å². The maximum Gasteiger partial charge on any atom is 0.123 e. The van der Waals surface area contributed by atoms with Crippen molar-refractivity contribution in [3.05, 3.63) is 66.5 Å². The van der Waals surface area contributed by atoms with Crippen molar-refractivity contribution in [3.8, 4) is 16.9 Å². The molecular weight excluding hydrogens is 275 g/mol. The summed E-state index contributed by atoms with van der Waals surface area (Å²) in [6.45, 7) is 2.91. The first-order chi connectivity index (χ1) is 10.8. The molecular formula is C20H19FO. The maximum atomic E-state index is 13.0. The van der Waals surface area contributed by atoms with Gasteiger partial charge in [0.1, 0.15) is 11.6 Å². The van der Waals surface area contributed by atoms with Crippen molar-refractivity contribution in [2.24, 2.45) is 0 Å². The van der Waals surface area contributed by atoms with Gasteiger partial charge in [0.25, 0.3) is 0 Å². The predicted molar refractivity (Wildman–Crippen MR) is 89.7 cm³/mol. The Kier molecular flexibility index (Phi) is 4.38. The van der Waals surface area contributed by atoms with Crippen LogP contribution in [0.15, 0.2) is 60.7 Å². The largest absolute Gasteiger partial charge is 0.494 e. The lowest BCUT2D eigenvalue weighted by Gasteiger charge is -2.08. The van der Waals surface area contributed by atoms with Gasteiger partial charge >= 0.3 is 0 Å². The average molecular weight is 294 g/mol. The fourth-order valence-corrected chi connectivity index (χ4v) is 2.47. The van der Waals surface area contributed by atoms with Gasteiger partial charge in [-0.05, 0) is 58.7 Å². The molecule has 0 spiro atoms. The summed E-state index contributed by atoms with van der Waals surface area (Å²) in [7, 11) is 0. The van der Waals surface area contributed by atoms with Crippen molar-refractivity contribution in [1.29, 1.82) is 0 Å². The zero-order valence-electron chi connectivity index (χ0n) is 12.7. The zero-order valence-corrected chi connectivity index (χ0v) is 12.7. The first-order valence-electron chi connectivity index (χ1n) is 7.69. The van der Waals surface area contributed by atoms with E-state index in [1.807, 2.05) is 6.07 Å². The monoisotopic (exact) mass is 294 g/mol. The second-order valence-electron chi connectivity index (χ2n) is 5.43. The molecule has 0 bridgehead atoms. The molecule has 0 amide bonds. The highest BCUT2D eigenvalue weighted by atomic mass is 19.1. The number of benzene rings is 3. The summed E-state index contributed by atoms with van der Waals surface area (Å²) in [5.74, 6) is 0.703. The Morgan fingerprint density at radius 3 is 2.27 bits per heavy atom. The number of fused-ring (bicyclic) bond motifs is 1. The number of hydrogen-bond donors (Lipinski definition) is 0. The summed E-state index contributed by atoms with van der Waals surface area (Å²) in [4.78, 5) is 0. The standard InChI is InChI=1S/C20H19FO/c1-2-3-12-22-20-11-8-17-13-16(4-5-18(17)14-20)15-6-9-19(21)10-7-15/h4-11,13-14H,2-3,12H2,1H3. The van der Waals surface area contributed by atoms with Gasteiger partial charge in [0.15, 0.2) is 0 Å². The van der Waals surface area contributed by atoms with Crippen molar-refractivity contribution in [1.82, 2.24) is 0 Å². The van der Waals surface area contributed by atoms with Crippen LogP contribution in [0.3, 0.4) is 0 Å².